The van der Waals surface area contributed by atoms with Gasteiger partial charge >= 0.3 is 0 Å². The van der Waals surface area contributed by atoms with Crippen molar-refractivity contribution in [1.29, 1.82) is 0 Å². The molecule has 0 saturated carbocycles. The molecule has 0 aliphatic carbocycles. The highest BCUT2D eigenvalue weighted by atomic mass is 32.2. The average Bonchev–Trinajstić information content (AvgIpc) is 2.27. The standard InChI is InChI=1S/C11H10N2S2/c1-7-10(11(14)15-2)13-9-6-4-3-5-8(9)12-7/h3-6H,1-2H3. The Labute approximate surface area is 98.1 Å². The van der Waals surface area contributed by atoms with Gasteiger partial charge in [-0.2, -0.15) is 0 Å². The minimum Gasteiger partial charge on any atom is -0.249 e. The molecule has 1 heterocycles. The normalized spacial score (nSPS) is 10.5. The second kappa shape index (κ2) is 4.24. The van der Waals surface area contributed by atoms with E-state index in [9.17, 15) is 0 Å². The minimum absolute atomic E-state index is 0.797. The first-order chi connectivity index (χ1) is 7.22. The molecule has 0 spiro atoms. The van der Waals surface area contributed by atoms with E-state index in [1.807, 2.05) is 37.4 Å². The fraction of sp³-hybridized carbons (Fsp3) is 0.182. The van der Waals surface area contributed by atoms with Crippen LogP contribution in [0, 0.1) is 6.92 Å². The number of fused-ring (bicyclic) bond motifs is 1. The number of para-hydroxylation sites is 2. The second-order valence-corrected chi connectivity index (χ2v) is 4.62. The number of thioether (sulfide) groups is 1. The van der Waals surface area contributed by atoms with Crippen LogP contribution in [0.2, 0.25) is 0 Å². The molecule has 1 aromatic carbocycles. The Morgan fingerprint density at radius 1 is 1.20 bits per heavy atom. The summed E-state index contributed by atoms with van der Waals surface area (Å²) in [6.45, 7) is 1.94. The Kier molecular flexibility index (Phi) is 2.98. The summed E-state index contributed by atoms with van der Waals surface area (Å²) in [4.78, 5) is 9.00. The van der Waals surface area contributed by atoms with E-state index in [4.69, 9.17) is 12.2 Å². The van der Waals surface area contributed by atoms with E-state index in [0.29, 0.717) is 0 Å². The zero-order valence-electron chi connectivity index (χ0n) is 8.52. The highest BCUT2D eigenvalue weighted by Gasteiger charge is 2.08. The number of rotatable bonds is 1. The Balaban J connectivity index is 2.67. The Morgan fingerprint density at radius 2 is 1.80 bits per heavy atom. The van der Waals surface area contributed by atoms with Gasteiger partial charge in [-0.15, -0.1) is 11.8 Å². The molecule has 0 bridgehead atoms. The van der Waals surface area contributed by atoms with Gasteiger partial charge in [0.15, 0.2) is 0 Å². The summed E-state index contributed by atoms with van der Waals surface area (Å²) in [5.74, 6) is 0. The third-order valence-corrected chi connectivity index (χ3v) is 3.38. The molecule has 0 atom stereocenters. The molecule has 0 amide bonds. The molecule has 0 aliphatic rings. The number of benzene rings is 1. The molecule has 0 radical (unpaired) electrons. The van der Waals surface area contributed by atoms with E-state index in [1.165, 1.54) is 11.8 Å². The first-order valence-corrected chi connectivity index (χ1v) is 6.17. The van der Waals surface area contributed by atoms with Crippen molar-refractivity contribution in [3.8, 4) is 0 Å². The highest BCUT2D eigenvalue weighted by molar-refractivity contribution is 8.23. The van der Waals surface area contributed by atoms with Gasteiger partial charge in [0.1, 0.15) is 5.69 Å². The van der Waals surface area contributed by atoms with Crippen LogP contribution in [0.25, 0.3) is 11.0 Å². The average molecular weight is 234 g/mol. The molecule has 1 aromatic heterocycles. The van der Waals surface area contributed by atoms with Gasteiger partial charge in [-0.1, -0.05) is 24.4 Å². The van der Waals surface area contributed by atoms with Crippen molar-refractivity contribution in [3.63, 3.8) is 0 Å². The Bertz CT molecular complexity index is 523. The van der Waals surface area contributed by atoms with Crippen LogP contribution in [0.15, 0.2) is 24.3 Å². The van der Waals surface area contributed by atoms with Gasteiger partial charge in [0.2, 0.25) is 0 Å². The SMILES string of the molecule is CSC(=S)c1nc2ccccc2nc1C. The molecule has 2 aromatic rings. The highest BCUT2D eigenvalue weighted by Crippen LogP contribution is 2.16. The smallest absolute Gasteiger partial charge is 0.109 e. The summed E-state index contributed by atoms with van der Waals surface area (Å²) in [7, 11) is 0. The second-order valence-electron chi connectivity index (χ2n) is 3.14. The predicted molar refractivity (Wildman–Crippen MR) is 69.5 cm³/mol. The van der Waals surface area contributed by atoms with Crippen molar-refractivity contribution in [2.24, 2.45) is 0 Å². The minimum atomic E-state index is 0.797. The van der Waals surface area contributed by atoms with Crippen molar-refractivity contribution in [2.45, 2.75) is 6.92 Å². The molecular weight excluding hydrogens is 224 g/mol. The van der Waals surface area contributed by atoms with Crippen LogP contribution >= 0.6 is 24.0 Å². The quantitative estimate of drug-likeness (QED) is 0.708. The number of hydrogen-bond acceptors (Lipinski definition) is 4. The van der Waals surface area contributed by atoms with Crippen molar-refractivity contribution >= 4 is 39.2 Å². The molecule has 2 rings (SSSR count). The van der Waals surface area contributed by atoms with Crippen LogP contribution in [0.4, 0.5) is 0 Å². The van der Waals surface area contributed by atoms with E-state index in [1.54, 1.807) is 0 Å². The molecule has 15 heavy (non-hydrogen) atoms. The first-order valence-electron chi connectivity index (χ1n) is 4.54. The fourth-order valence-electron chi connectivity index (χ4n) is 1.38. The molecule has 2 nitrogen and oxygen atoms in total. The molecule has 0 aliphatic heterocycles. The van der Waals surface area contributed by atoms with Gasteiger partial charge in [0, 0.05) is 0 Å². The number of nitrogens with zero attached hydrogens (tertiary/aromatic N) is 2. The van der Waals surface area contributed by atoms with Crippen LogP contribution in [0.5, 0.6) is 0 Å². The van der Waals surface area contributed by atoms with Crippen LogP contribution in [-0.4, -0.2) is 20.4 Å². The summed E-state index contributed by atoms with van der Waals surface area (Å²) < 4.78 is 0.797. The molecule has 76 valence electrons. The largest absolute Gasteiger partial charge is 0.249 e. The van der Waals surface area contributed by atoms with Gasteiger partial charge in [0.05, 0.1) is 20.9 Å². The summed E-state index contributed by atoms with van der Waals surface area (Å²) >= 11 is 6.76. The third kappa shape index (κ3) is 2.01. The van der Waals surface area contributed by atoms with Gasteiger partial charge in [-0.05, 0) is 25.3 Å². The van der Waals surface area contributed by atoms with Crippen LogP contribution < -0.4 is 0 Å². The van der Waals surface area contributed by atoms with Crippen molar-refractivity contribution in [2.75, 3.05) is 6.26 Å². The summed E-state index contributed by atoms with van der Waals surface area (Å²) in [5, 5.41) is 0. The summed E-state index contributed by atoms with van der Waals surface area (Å²) in [5.41, 5.74) is 3.54. The van der Waals surface area contributed by atoms with Gasteiger partial charge < -0.3 is 0 Å². The zero-order valence-corrected chi connectivity index (χ0v) is 10.2. The molecule has 0 N–H and O–H groups in total. The van der Waals surface area contributed by atoms with Crippen molar-refractivity contribution in [1.82, 2.24) is 9.97 Å². The lowest BCUT2D eigenvalue weighted by molar-refractivity contribution is 1.17. The lowest BCUT2D eigenvalue weighted by atomic mass is 10.2. The maximum Gasteiger partial charge on any atom is 0.109 e. The van der Waals surface area contributed by atoms with Crippen molar-refractivity contribution in [3.05, 3.63) is 35.7 Å². The van der Waals surface area contributed by atoms with Gasteiger partial charge in [0.25, 0.3) is 0 Å². The van der Waals surface area contributed by atoms with Crippen molar-refractivity contribution < 1.29 is 0 Å². The van der Waals surface area contributed by atoms with Crippen LogP contribution in [0.3, 0.4) is 0 Å². The molecular formula is C11H10N2S2. The topological polar surface area (TPSA) is 25.8 Å². The number of aryl methyl sites for hydroxylation is 1. The number of hydrogen-bond donors (Lipinski definition) is 0. The number of thiocarbonyl (C=S) groups is 1. The third-order valence-electron chi connectivity index (χ3n) is 2.12. The zero-order chi connectivity index (χ0) is 10.8. The van der Waals surface area contributed by atoms with Gasteiger partial charge in [-0.3, -0.25) is 0 Å². The van der Waals surface area contributed by atoms with E-state index in [0.717, 1.165) is 26.6 Å². The Morgan fingerprint density at radius 3 is 2.40 bits per heavy atom. The van der Waals surface area contributed by atoms with Crippen LogP contribution in [-0.2, 0) is 0 Å². The maximum absolute atomic E-state index is 5.23. The summed E-state index contributed by atoms with van der Waals surface area (Å²) in [6, 6.07) is 7.83. The lowest BCUT2D eigenvalue weighted by Crippen LogP contribution is -2.02. The molecule has 0 unspecified atom stereocenters. The maximum atomic E-state index is 5.23. The van der Waals surface area contributed by atoms with Crippen LogP contribution in [0.1, 0.15) is 11.4 Å². The van der Waals surface area contributed by atoms with E-state index in [-0.39, 0.29) is 0 Å². The molecule has 0 fully saturated rings. The van der Waals surface area contributed by atoms with E-state index < -0.39 is 0 Å². The number of aromatic nitrogens is 2. The predicted octanol–water partition coefficient (Wildman–Crippen LogP) is 2.98. The Hall–Kier alpha value is -1.00. The first kappa shape index (κ1) is 10.5. The monoisotopic (exact) mass is 234 g/mol. The lowest BCUT2D eigenvalue weighted by Gasteiger charge is -2.05. The fourth-order valence-corrected chi connectivity index (χ4v) is 1.96. The molecule has 0 saturated heterocycles. The van der Waals surface area contributed by atoms with E-state index >= 15 is 0 Å². The molecule has 4 heteroatoms. The summed E-state index contributed by atoms with van der Waals surface area (Å²) in [6.07, 6.45) is 1.96. The van der Waals surface area contributed by atoms with E-state index in [2.05, 4.69) is 9.97 Å². The van der Waals surface area contributed by atoms with Gasteiger partial charge in [-0.25, -0.2) is 9.97 Å².